The summed E-state index contributed by atoms with van der Waals surface area (Å²) in [5.41, 5.74) is 0. The lowest BCUT2D eigenvalue weighted by Gasteiger charge is -2.21. The van der Waals surface area contributed by atoms with E-state index in [0.29, 0.717) is 32.1 Å². The summed E-state index contributed by atoms with van der Waals surface area (Å²) in [6.45, 7) is 4.36. The molecule has 0 radical (unpaired) electrons. The Bertz CT molecular complexity index is 2730. The van der Waals surface area contributed by atoms with Crippen molar-refractivity contribution in [2.45, 2.75) is 303 Å². The van der Waals surface area contributed by atoms with Crippen molar-refractivity contribution in [1.82, 2.24) is 0 Å². The Morgan fingerprint density at radius 1 is 0.274 bits per heavy atom. The molecular formula is C87H140O17P2. The number of carbonyl (C=O) groups excluding carboxylic acids is 4. The molecule has 0 saturated heterocycles. The molecule has 0 spiro atoms. The maximum atomic E-state index is 13.1. The third kappa shape index (κ3) is 76.4. The van der Waals surface area contributed by atoms with Gasteiger partial charge in [-0.05, 0) is 173 Å². The average molecular weight is 1520 g/mol. The Balaban J connectivity index is 5.48. The molecule has 19 heteroatoms. The van der Waals surface area contributed by atoms with Gasteiger partial charge in [0.1, 0.15) is 19.3 Å². The van der Waals surface area contributed by atoms with Crippen molar-refractivity contribution in [3.8, 4) is 0 Å². The number of esters is 4. The first-order valence-electron chi connectivity index (χ1n) is 40.0. The van der Waals surface area contributed by atoms with Crippen molar-refractivity contribution in [2.24, 2.45) is 0 Å². The first-order valence-corrected chi connectivity index (χ1v) is 43.0. The summed E-state index contributed by atoms with van der Waals surface area (Å²) in [7, 11) is -10.0. The summed E-state index contributed by atoms with van der Waals surface area (Å²) in [6.07, 6.45) is 93.1. The van der Waals surface area contributed by atoms with Gasteiger partial charge in [-0.2, -0.15) is 0 Å². The molecule has 0 heterocycles. The predicted molar refractivity (Wildman–Crippen MR) is 436 cm³/mol. The van der Waals surface area contributed by atoms with Crippen LogP contribution >= 0.6 is 15.6 Å². The maximum absolute atomic E-state index is 13.1. The molecule has 0 bridgehead atoms. The largest absolute Gasteiger partial charge is 0.472 e. The zero-order valence-electron chi connectivity index (χ0n) is 65.5. The van der Waals surface area contributed by atoms with Crippen molar-refractivity contribution in [1.29, 1.82) is 0 Å². The normalized spacial score (nSPS) is 14.8. The summed E-state index contributed by atoms with van der Waals surface area (Å²) in [4.78, 5) is 73.0. The molecule has 0 aromatic rings. The fourth-order valence-electron chi connectivity index (χ4n) is 9.85. The first kappa shape index (κ1) is 100. The van der Waals surface area contributed by atoms with Crippen LogP contribution < -0.4 is 0 Å². The number of aliphatic hydroxyl groups is 1. The fraction of sp³-hybridized carbons (Fsp3) is 0.609. The Morgan fingerprint density at radius 3 is 0.811 bits per heavy atom. The van der Waals surface area contributed by atoms with Gasteiger partial charge in [-0.25, -0.2) is 9.13 Å². The van der Waals surface area contributed by atoms with E-state index in [1.54, 1.807) is 0 Å². The third-order valence-electron chi connectivity index (χ3n) is 15.8. The SMILES string of the molecule is CC/C=C\C/C=C\C/C=C\C/C=C\C/C=C\CCCCCC(=O)OCC(COP(=O)(O)OCC(O)COP(=O)(O)OCC(COC(=O)CCC/C=C\C/C=C\C/C=C\C/C=C\C/C=C\CC)OC(=O)CCCCCC/C=C\C/C=C\C/C=C\C/C=C\CC)OC(=O)CCCCCCC/C=C\CCCCCC. The van der Waals surface area contributed by atoms with Crippen LogP contribution in [0.15, 0.2) is 182 Å². The molecule has 600 valence electrons. The minimum atomic E-state index is -5.01. The summed E-state index contributed by atoms with van der Waals surface area (Å²) < 4.78 is 68.5. The first-order chi connectivity index (χ1) is 51.7. The van der Waals surface area contributed by atoms with Gasteiger partial charge >= 0.3 is 39.5 Å². The molecule has 0 aromatic heterocycles. The molecule has 106 heavy (non-hydrogen) atoms. The molecule has 0 aliphatic carbocycles. The van der Waals surface area contributed by atoms with Crippen LogP contribution in [0.1, 0.15) is 285 Å². The van der Waals surface area contributed by atoms with Crippen LogP contribution in [-0.4, -0.2) is 96.7 Å². The van der Waals surface area contributed by atoms with Gasteiger partial charge in [0, 0.05) is 25.7 Å². The summed E-state index contributed by atoms with van der Waals surface area (Å²) in [6, 6.07) is 0. The number of phosphoric acid groups is 2. The molecule has 0 aromatic carbocycles. The second-order valence-corrected chi connectivity index (χ2v) is 28.8. The number of hydrogen-bond donors (Lipinski definition) is 3. The van der Waals surface area contributed by atoms with Gasteiger partial charge in [0.25, 0.3) is 0 Å². The Kier molecular flexibility index (Phi) is 73.1. The lowest BCUT2D eigenvalue weighted by molar-refractivity contribution is -0.161. The number of carbonyl (C=O) groups is 4. The van der Waals surface area contributed by atoms with E-state index in [1.807, 2.05) is 12.2 Å². The molecule has 0 aliphatic rings. The lowest BCUT2D eigenvalue weighted by atomic mass is 10.1. The molecule has 0 aliphatic heterocycles. The van der Waals surface area contributed by atoms with Gasteiger partial charge in [0.2, 0.25) is 0 Å². The van der Waals surface area contributed by atoms with Crippen molar-refractivity contribution >= 4 is 39.5 Å². The van der Waals surface area contributed by atoms with Gasteiger partial charge in [-0.1, -0.05) is 268 Å². The van der Waals surface area contributed by atoms with Crippen LogP contribution in [0, 0.1) is 0 Å². The van der Waals surface area contributed by atoms with Crippen LogP contribution in [0.2, 0.25) is 0 Å². The minimum absolute atomic E-state index is 0.0469. The highest BCUT2D eigenvalue weighted by molar-refractivity contribution is 7.47. The lowest BCUT2D eigenvalue weighted by Crippen LogP contribution is -2.30. The summed E-state index contributed by atoms with van der Waals surface area (Å²) >= 11 is 0. The van der Waals surface area contributed by atoms with Gasteiger partial charge < -0.3 is 33.8 Å². The van der Waals surface area contributed by atoms with Crippen LogP contribution in [0.25, 0.3) is 0 Å². The highest BCUT2D eigenvalue weighted by atomic mass is 31.2. The number of hydrogen-bond acceptors (Lipinski definition) is 15. The van der Waals surface area contributed by atoms with E-state index in [9.17, 15) is 43.2 Å². The van der Waals surface area contributed by atoms with Crippen LogP contribution in [0.5, 0.6) is 0 Å². The number of ether oxygens (including phenoxy) is 4. The van der Waals surface area contributed by atoms with Crippen LogP contribution in [-0.2, 0) is 65.4 Å². The summed E-state index contributed by atoms with van der Waals surface area (Å²) in [5, 5.41) is 10.6. The van der Waals surface area contributed by atoms with Gasteiger partial charge in [-0.3, -0.25) is 37.3 Å². The number of phosphoric ester groups is 2. The number of aliphatic hydroxyl groups excluding tert-OH is 1. The second-order valence-electron chi connectivity index (χ2n) is 25.9. The molecule has 17 nitrogen and oxygen atoms in total. The number of rotatable bonds is 73. The zero-order valence-corrected chi connectivity index (χ0v) is 67.3. The van der Waals surface area contributed by atoms with Crippen molar-refractivity contribution in [2.75, 3.05) is 39.6 Å². The quantitative estimate of drug-likeness (QED) is 0.0169. The number of allylic oxidation sites excluding steroid dienone is 30. The van der Waals surface area contributed by atoms with E-state index in [2.05, 4.69) is 198 Å². The van der Waals surface area contributed by atoms with Crippen LogP contribution in [0.3, 0.4) is 0 Å². The van der Waals surface area contributed by atoms with E-state index >= 15 is 0 Å². The highest BCUT2D eigenvalue weighted by Crippen LogP contribution is 2.45. The predicted octanol–water partition coefficient (Wildman–Crippen LogP) is 23.6. The zero-order chi connectivity index (χ0) is 77.4. The van der Waals surface area contributed by atoms with E-state index in [4.69, 9.17) is 37.0 Å². The molecule has 5 atom stereocenters. The molecule has 5 unspecified atom stereocenters. The summed E-state index contributed by atoms with van der Waals surface area (Å²) in [5.74, 6) is -2.33. The van der Waals surface area contributed by atoms with Gasteiger partial charge in [-0.15, -0.1) is 0 Å². The molecule has 0 amide bonds. The van der Waals surface area contributed by atoms with E-state index < -0.39 is 97.5 Å². The average Bonchev–Trinajstić information content (AvgIpc) is 0.900. The highest BCUT2D eigenvalue weighted by Gasteiger charge is 2.30. The maximum Gasteiger partial charge on any atom is 0.472 e. The smallest absolute Gasteiger partial charge is 0.462 e. The molecule has 0 rings (SSSR count). The Labute approximate surface area is 641 Å². The van der Waals surface area contributed by atoms with Crippen molar-refractivity contribution in [3.05, 3.63) is 182 Å². The molecule has 0 saturated carbocycles. The van der Waals surface area contributed by atoms with Gasteiger partial charge in [0.15, 0.2) is 12.2 Å². The monoisotopic (exact) mass is 1520 g/mol. The third-order valence-corrected chi connectivity index (χ3v) is 17.7. The molecular weight excluding hydrogens is 1380 g/mol. The molecule has 3 N–H and O–H groups in total. The fourth-order valence-corrected chi connectivity index (χ4v) is 11.4. The Hall–Kier alpha value is -5.84. The van der Waals surface area contributed by atoms with E-state index in [-0.39, 0.29) is 25.7 Å². The van der Waals surface area contributed by atoms with E-state index in [0.717, 1.165) is 173 Å². The topological polar surface area (TPSA) is 237 Å². The van der Waals surface area contributed by atoms with Gasteiger partial charge in [0.05, 0.1) is 26.4 Å². The standard InChI is InChI=1S/C87H140O17P2/c1-5-9-13-17-21-25-29-33-36-39-40-43-45-49-52-56-60-64-68-72-85(90)97-77-82(103-86(91)73-69-65-61-57-53-47-32-28-24-20-16-12-8-4)79-101-105(93,94)99-75-81(88)76-100-106(95,96)102-80-83(104-87(92)74-70-66-62-58-54-50-46-42-38-35-31-27-23-19-15-11-7-3)78-98-84(89)71-67-63-59-55-51-48-44-41-37-34-30-26-22-18-14-10-6-2/h9-11,13-15,21-23,25-28,32-38,40,43-44,46,48-50,52,55,59,81-83,88H,5-8,12,16-20,24,29-31,39,41-42,45,47,51,53-54,56-58,60-80H2,1-4H3,(H,93,94)(H,95,96)/b13-9-,14-10-,15-11-,25-21-,26-22-,27-23-,32-28-,36-33-,37-34-,38-35-,43-40-,48-44-,50-46-,52-49-,59-55-. The van der Waals surface area contributed by atoms with Crippen molar-refractivity contribution in [3.63, 3.8) is 0 Å². The second kappa shape index (κ2) is 77.3. The number of unbranched alkanes of at least 4 members (excludes halogenated alkanes) is 17. The van der Waals surface area contributed by atoms with Crippen LogP contribution in [0.4, 0.5) is 0 Å². The Morgan fingerprint density at radius 2 is 0.500 bits per heavy atom. The van der Waals surface area contributed by atoms with Crippen molar-refractivity contribution < 1.29 is 80.2 Å². The minimum Gasteiger partial charge on any atom is -0.462 e. The molecule has 0 fully saturated rings. The van der Waals surface area contributed by atoms with E-state index in [1.165, 1.54) is 25.7 Å².